The molecule has 1 fully saturated rings. The zero-order valence-corrected chi connectivity index (χ0v) is 15.4. The molecule has 0 radical (unpaired) electrons. The Kier molecular flexibility index (Phi) is 4.94. The average molecular weight is 373 g/mol. The van der Waals surface area contributed by atoms with Crippen molar-refractivity contribution >= 4 is 16.5 Å². The molecule has 0 aliphatic carbocycles. The molecule has 0 bridgehead atoms. The van der Waals surface area contributed by atoms with Crippen LogP contribution in [0.25, 0.3) is 11.3 Å². The van der Waals surface area contributed by atoms with Gasteiger partial charge in [-0.1, -0.05) is 5.16 Å². The third-order valence-electron chi connectivity index (χ3n) is 4.43. The number of rotatable bonds is 4. The Hall–Kier alpha value is -2.32. The minimum absolute atomic E-state index is 0.228. The molecule has 3 aromatic rings. The summed E-state index contributed by atoms with van der Waals surface area (Å²) in [6.07, 6.45) is 1.06. The molecular formula is C18H20FN5OS. The van der Waals surface area contributed by atoms with Gasteiger partial charge < -0.3 is 9.42 Å². The maximum absolute atomic E-state index is 13.1. The first-order valence-corrected chi connectivity index (χ1v) is 9.53. The molecule has 0 N–H and O–H groups in total. The molecule has 3 heterocycles. The van der Waals surface area contributed by atoms with Crippen LogP contribution in [0.2, 0.25) is 0 Å². The molecule has 2 aromatic heterocycles. The van der Waals surface area contributed by atoms with Crippen LogP contribution in [-0.4, -0.2) is 46.2 Å². The summed E-state index contributed by atoms with van der Waals surface area (Å²) in [4.78, 5) is 13.7. The summed E-state index contributed by atoms with van der Waals surface area (Å²) in [6, 6.07) is 6.48. The molecule has 8 heteroatoms. The smallest absolute Gasteiger partial charge is 0.223 e. The minimum Gasteiger partial charge on any atom is -0.347 e. The van der Waals surface area contributed by atoms with Gasteiger partial charge in [-0.3, -0.25) is 4.90 Å². The van der Waals surface area contributed by atoms with Crippen molar-refractivity contribution in [3.05, 3.63) is 47.2 Å². The fourth-order valence-corrected chi connectivity index (χ4v) is 3.98. The largest absolute Gasteiger partial charge is 0.347 e. The van der Waals surface area contributed by atoms with Gasteiger partial charge in [0.15, 0.2) is 11.0 Å². The predicted molar refractivity (Wildman–Crippen MR) is 98.7 cm³/mol. The number of hydrogen-bond acceptors (Lipinski definition) is 7. The van der Waals surface area contributed by atoms with Gasteiger partial charge in [0.25, 0.3) is 0 Å². The van der Waals surface area contributed by atoms with E-state index in [1.54, 1.807) is 23.5 Å². The van der Waals surface area contributed by atoms with Crippen LogP contribution >= 0.6 is 11.3 Å². The van der Waals surface area contributed by atoms with Gasteiger partial charge in [0.1, 0.15) is 5.82 Å². The van der Waals surface area contributed by atoms with Crippen LogP contribution in [0.3, 0.4) is 0 Å². The fraction of sp³-hybridized carbons (Fsp3) is 0.389. The lowest BCUT2D eigenvalue weighted by molar-refractivity contribution is 0.272. The molecule has 1 aliphatic heterocycles. The molecule has 1 saturated heterocycles. The van der Waals surface area contributed by atoms with Crippen LogP contribution in [0.4, 0.5) is 9.52 Å². The molecule has 1 aliphatic rings. The van der Waals surface area contributed by atoms with E-state index >= 15 is 0 Å². The number of nitrogens with zero attached hydrogens (tertiary/aromatic N) is 5. The summed E-state index contributed by atoms with van der Waals surface area (Å²) in [5.41, 5.74) is 1.84. The Morgan fingerprint density at radius 2 is 1.96 bits per heavy atom. The Morgan fingerprint density at radius 3 is 2.73 bits per heavy atom. The third-order valence-corrected chi connectivity index (χ3v) is 5.33. The first kappa shape index (κ1) is 17.1. The highest BCUT2D eigenvalue weighted by Gasteiger charge is 2.19. The quantitative estimate of drug-likeness (QED) is 0.699. The van der Waals surface area contributed by atoms with Crippen LogP contribution in [0, 0.1) is 12.7 Å². The molecule has 0 saturated carbocycles. The summed E-state index contributed by atoms with van der Waals surface area (Å²) >= 11 is 1.64. The molecular weight excluding hydrogens is 353 g/mol. The first-order chi connectivity index (χ1) is 12.7. The maximum atomic E-state index is 13.1. The number of thiazole rings is 1. The topological polar surface area (TPSA) is 58.3 Å². The van der Waals surface area contributed by atoms with Crippen molar-refractivity contribution in [3.63, 3.8) is 0 Å². The van der Waals surface area contributed by atoms with Crippen molar-refractivity contribution in [1.29, 1.82) is 0 Å². The van der Waals surface area contributed by atoms with Gasteiger partial charge in [0.2, 0.25) is 5.89 Å². The van der Waals surface area contributed by atoms with E-state index in [2.05, 4.69) is 19.9 Å². The van der Waals surface area contributed by atoms with Crippen LogP contribution in [0.15, 0.2) is 34.2 Å². The zero-order chi connectivity index (χ0) is 17.9. The third kappa shape index (κ3) is 3.91. The van der Waals surface area contributed by atoms with E-state index < -0.39 is 0 Å². The lowest BCUT2D eigenvalue weighted by Gasteiger charge is -2.20. The molecule has 0 amide bonds. The van der Waals surface area contributed by atoms with Crippen molar-refractivity contribution in [2.75, 3.05) is 31.1 Å². The van der Waals surface area contributed by atoms with Gasteiger partial charge in [-0.15, -0.1) is 11.3 Å². The molecule has 0 atom stereocenters. The van der Waals surface area contributed by atoms with Crippen molar-refractivity contribution in [3.8, 4) is 11.3 Å². The molecule has 0 spiro atoms. The Labute approximate surface area is 155 Å². The van der Waals surface area contributed by atoms with Crippen LogP contribution in [-0.2, 0) is 6.54 Å². The average Bonchev–Trinajstić information content (AvgIpc) is 3.21. The number of anilines is 1. The van der Waals surface area contributed by atoms with E-state index in [0.717, 1.165) is 54.8 Å². The van der Waals surface area contributed by atoms with Crippen LogP contribution in [0.5, 0.6) is 0 Å². The fourth-order valence-electron chi connectivity index (χ4n) is 3.09. The van der Waals surface area contributed by atoms with E-state index in [-0.39, 0.29) is 5.82 Å². The normalized spacial score (nSPS) is 16.0. The zero-order valence-electron chi connectivity index (χ0n) is 14.6. The number of benzene rings is 1. The van der Waals surface area contributed by atoms with Gasteiger partial charge in [-0.2, -0.15) is 4.98 Å². The number of halogens is 1. The molecule has 6 nitrogen and oxygen atoms in total. The van der Waals surface area contributed by atoms with Crippen molar-refractivity contribution in [1.82, 2.24) is 20.0 Å². The highest BCUT2D eigenvalue weighted by molar-refractivity contribution is 7.14. The van der Waals surface area contributed by atoms with Gasteiger partial charge in [0.05, 0.1) is 12.2 Å². The standard InChI is InChI=1S/C18H20FN5OS/c1-13-20-17(22-25-13)11-23-7-2-8-24(10-9-23)18-21-16(12-26-18)14-3-5-15(19)6-4-14/h3-6,12H,2,7-11H2,1H3. The van der Waals surface area contributed by atoms with E-state index in [4.69, 9.17) is 9.51 Å². The van der Waals surface area contributed by atoms with Crippen LogP contribution < -0.4 is 4.90 Å². The van der Waals surface area contributed by atoms with Crippen molar-refractivity contribution < 1.29 is 8.91 Å². The molecule has 0 unspecified atom stereocenters. The molecule has 4 rings (SSSR count). The van der Waals surface area contributed by atoms with Crippen molar-refractivity contribution in [2.45, 2.75) is 19.9 Å². The number of aryl methyl sites for hydroxylation is 1. The van der Waals surface area contributed by atoms with Crippen molar-refractivity contribution in [2.24, 2.45) is 0 Å². The maximum Gasteiger partial charge on any atom is 0.223 e. The Morgan fingerprint density at radius 1 is 1.12 bits per heavy atom. The SMILES string of the molecule is Cc1nc(CN2CCCN(c3nc(-c4ccc(F)cc4)cs3)CC2)no1. The summed E-state index contributed by atoms with van der Waals surface area (Å²) in [6.45, 7) is 6.33. The second kappa shape index (κ2) is 7.51. The Balaban J connectivity index is 1.40. The molecule has 1 aromatic carbocycles. The summed E-state index contributed by atoms with van der Waals surface area (Å²) < 4.78 is 18.1. The second-order valence-electron chi connectivity index (χ2n) is 6.37. The van der Waals surface area contributed by atoms with Gasteiger partial charge in [0, 0.05) is 44.0 Å². The lowest BCUT2D eigenvalue weighted by Crippen LogP contribution is -2.30. The second-order valence-corrected chi connectivity index (χ2v) is 7.21. The van der Waals surface area contributed by atoms with E-state index in [1.807, 2.05) is 12.3 Å². The first-order valence-electron chi connectivity index (χ1n) is 8.65. The van der Waals surface area contributed by atoms with Gasteiger partial charge >= 0.3 is 0 Å². The van der Waals surface area contributed by atoms with E-state index in [1.165, 1.54) is 12.1 Å². The Bertz CT molecular complexity index is 863. The number of aromatic nitrogens is 3. The van der Waals surface area contributed by atoms with Crippen LogP contribution in [0.1, 0.15) is 18.1 Å². The summed E-state index contributed by atoms with van der Waals surface area (Å²) in [7, 11) is 0. The number of hydrogen-bond donors (Lipinski definition) is 0. The van der Waals surface area contributed by atoms with Gasteiger partial charge in [-0.25, -0.2) is 9.37 Å². The predicted octanol–water partition coefficient (Wildman–Crippen LogP) is 3.35. The van der Waals surface area contributed by atoms with E-state index in [0.29, 0.717) is 12.4 Å². The highest BCUT2D eigenvalue weighted by atomic mass is 32.1. The van der Waals surface area contributed by atoms with Gasteiger partial charge in [-0.05, 0) is 30.7 Å². The monoisotopic (exact) mass is 373 g/mol. The highest BCUT2D eigenvalue weighted by Crippen LogP contribution is 2.28. The summed E-state index contributed by atoms with van der Waals surface area (Å²) in [5.74, 6) is 1.12. The molecule has 136 valence electrons. The molecule has 26 heavy (non-hydrogen) atoms. The minimum atomic E-state index is -0.228. The summed E-state index contributed by atoms with van der Waals surface area (Å²) in [5, 5.41) is 7.03. The van der Waals surface area contributed by atoms with E-state index in [9.17, 15) is 4.39 Å². The lowest BCUT2D eigenvalue weighted by atomic mass is 10.2.